The zero-order valence-corrected chi connectivity index (χ0v) is 9.46. The number of rotatable bonds is 6. The summed E-state index contributed by atoms with van der Waals surface area (Å²) >= 11 is 0. The lowest BCUT2D eigenvalue weighted by Crippen LogP contribution is -2.30. The van der Waals surface area contributed by atoms with Gasteiger partial charge in [-0.25, -0.2) is 8.42 Å². The van der Waals surface area contributed by atoms with Crippen molar-refractivity contribution in [3.8, 4) is 0 Å². The molecule has 1 unspecified atom stereocenters. The summed E-state index contributed by atoms with van der Waals surface area (Å²) in [5, 5.41) is -1.09. The smallest absolute Gasteiger partial charge is 0.323 e. The summed E-state index contributed by atoms with van der Waals surface area (Å²) in [5.74, 6) is -0.778. The fourth-order valence-electron chi connectivity index (χ4n) is 0.894. The molecular formula is C8H16O5S. The fourth-order valence-corrected chi connectivity index (χ4v) is 2.16. The Hall–Kier alpha value is -0.620. The maximum Gasteiger partial charge on any atom is 0.323 e. The van der Waals surface area contributed by atoms with Gasteiger partial charge in [-0.2, -0.15) is 0 Å². The van der Waals surface area contributed by atoms with Gasteiger partial charge in [0.1, 0.15) is 0 Å². The molecule has 14 heavy (non-hydrogen) atoms. The van der Waals surface area contributed by atoms with Gasteiger partial charge < -0.3 is 9.47 Å². The molecule has 0 fully saturated rings. The van der Waals surface area contributed by atoms with Crippen LogP contribution in [0.1, 0.15) is 13.3 Å². The van der Waals surface area contributed by atoms with Gasteiger partial charge in [0, 0.05) is 13.7 Å². The van der Waals surface area contributed by atoms with Gasteiger partial charge in [-0.1, -0.05) is 0 Å². The van der Waals surface area contributed by atoms with Gasteiger partial charge in [0.25, 0.3) is 0 Å². The molecule has 0 aromatic heterocycles. The Kier molecular flexibility index (Phi) is 5.71. The van der Waals surface area contributed by atoms with E-state index in [9.17, 15) is 13.2 Å². The first-order valence-electron chi connectivity index (χ1n) is 4.24. The van der Waals surface area contributed by atoms with Crippen molar-refractivity contribution in [3.63, 3.8) is 0 Å². The monoisotopic (exact) mass is 224 g/mol. The van der Waals surface area contributed by atoms with Crippen molar-refractivity contribution in [2.24, 2.45) is 0 Å². The number of ether oxygens (including phenoxy) is 2. The van der Waals surface area contributed by atoms with E-state index in [4.69, 9.17) is 4.74 Å². The van der Waals surface area contributed by atoms with Gasteiger partial charge >= 0.3 is 5.97 Å². The van der Waals surface area contributed by atoms with E-state index in [0.717, 1.165) is 0 Å². The number of methoxy groups -OCH3 is 2. The predicted molar refractivity (Wildman–Crippen MR) is 51.8 cm³/mol. The van der Waals surface area contributed by atoms with Crippen molar-refractivity contribution in [1.29, 1.82) is 0 Å². The Bertz CT molecular complexity index is 269. The van der Waals surface area contributed by atoms with Gasteiger partial charge in [-0.05, 0) is 13.3 Å². The SMILES string of the molecule is COCCCS(=O)(=O)C(C)C(=O)OC. The minimum absolute atomic E-state index is 0.0584. The van der Waals surface area contributed by atoms with Crippen LogP contribution in [0.5, 0.6) is 0 Å². The van der Waals surface area contributed by atoms with E-state index in [-0.39, 0.29) is 5.75 Å². The summed E-state index contributed by atoms with van der Waals surface area (Å²) in [6.45, 7) is 1.70. The van der Waals surface area contributed by atoms with Crippen molar-refractivity contribution in [3.05, 3.63) is 0 Å². The molecule has 1 atom stereocenters. The van der Waals surface area contributed by atoms with Crippen molar-refractivity contribution in [2.75, 3.05) is 26.6 Å². The van der Waals surface area contributed by atoms with Crippen LogP contribution in [0.25, 0.3) is 0 Å². The summed E-state index contributed by atoms with van der Waals surface area (Å²) < 4.78 is 32.0. The normalized spacial score (nSPS) is 13.6. The maximum absolute atomic E-state index is 11.4. The lowest BCUT2D eigenvalue weighted by Gasteiger charge is -2.09. The first-order valence-corrected chi connectivity index (χ1v) is 5.95. The zero-order valence-electron chi connectivity index (χ0n) is 8.65. The quantitative estimate of drug-likeness (QED) is 0.469. The van der Waals surface area contributed by atoms with Crippen LogP contribution in [0.4, 0.5) is 0 Å². The molecule has 0 N–H and O–H groups in total. The second kappa shape index (κ2) is 5.98. The number of hydrogen-bond donors (Lipinski definition) is 0. The number of esters is 1. The Balaban J connectivity index is 4.24. The van der Waals surface area contributed by atoms with Crippen LogP contribution in [0, 0.1) is 0 Å². The highest BCUT2D eigenvalue weighted by Crippen LogP contribution is 2.05. The highest BCUT2D eigenvalue weighted by atomic mass is 32.2. The van der Waals surface area contributed by atoms with Crippen LogP contribution in [-0.4, -0.2) is 46.2 Å². The van der Waals surface area contributed by atoms with E-state index in [1.807, 2.05) is 0 Å². The first-order chi connectivity index (χ1) is 6.45. The van der Waals surface area contributed by atoms with E-state index in [1.165, 1.54) is 21.1 Å². The number of sulfone groups is 1. The van der Waals surface area contributed by atoms with E-state index in [1.54, 1.807) is 0 Å². The molecule has 0 aromatic rings. The average Bonchev–Trinajstić information content (AvgIpc) is 2.15. The lowest BCUT2D eigenvalue weighted by atomic mass is 10.5. The van der Waals surface area contributed by atoms with E-state index in [2.05, 4.69) is 4.74 Å². The second-order valence-electron chi connectivity index (χ2n) is 2.88. The van der Waals surface area contributed by atoms with Crippen molar-refractivity contribution in [2.45, 2.75) is 18.6 Å². The number of carbonyl (C=O) groups excluding carboxylic acids is 1. The van der Waals surface area contributed by atoms with E-state index < -0.39 is 21.1 Å². The predicted octanol–water partition coefficient (Wildman–Crippen LogP) is -0.000800. The van der Waals surface area contributed by atoms with Gasteiger partial charge in [0.05, 0.1) is 12.9 Å². The Morgan fingerprint density at radius 2 is 1.93 bits per heavy atom. The third-order valence-corrected chi connectivity index (χ3v) is 3.98. The molecule has 0 spiro atoms. The molecular weight excluding hydrogens is 208 g/mol. The molecule has 84 valence electrons. The zero-order chi connectivity index (χ0) is 11.2. The van der Waals surface area contributed by atoms with Gasteiger partial charge in [0.2, 0.25) is 0 Å². The summed E-state index contributed by atoms with van der Waals surface area (Å²) in [5.41, 5.74) is 0. The van der Waals surface area contributed by atoms with E-state index in [0.29, 0.717) is 13.0 Å². The summed E-state index contributed by atoms with van der Waals surface area (Å²) in [6, 6.07) is 0. The second-order valence-corrected chi connectivity index (χ2v) is 5.32. The lowest BCUT2D eigenvalue weighted by molar-refractivity contribution is -0.139. The largest absolute Gasteiger partial charge is 0.468 e. The summed E-state index contributed by atoms with van der Waals surface area (Å²) in [7, 11) is -0.732. The molecule has 5 nitrogen and oxygen atoms in total. The minimum Gasteiger partial charge on any atom is -0.468 e. The van der Waals surface area contributed by atoms with Crippen LogP contribution in [-0.2, 0) is 24.1 Å². The van der Waals surface area contributed by atoms with Crippen LogP contribution in [0.15, 0.2) is 0 Å². The molecule has 0 radical (unpaired) electrons. The molecule has 0 aromatic carbocycles. The van der Waals surface area contributed by atoms with Gasteiger partial charge in [0.15, 0.2) is 15.1 Å². The molecule has 6 heteroatoms. The highest BCUT2D eigenvalue weighted by Gasteiger charge is 2.27. The molecule has 0 rings (SSSR count). The summed E-state index contributed by atoms with van der Waals surface area (Å²) in [6.07, 6.45) is 0.389. The Labute approximate surface area is 84.3 Å². The number of hydrogen-bond acceptors (Lipinski definition) is 5. The maximum atomic E-state index is 11.4. The topological polar surface area (TPSA) is 69.7 Å². The highest BCUT2D eigenvalue weighted by molar-refractivity contribution is 7.92. The average molecular weight is 224 g/mol. The minimum atomic E-state index is -3.40. The molecule has 0 bridgehead atoms. The fraction of sp³-hybridized carbons (Fsp3) is 0.875. The summed E-state index contributed by atoms with van der Waals surface area (Å²) in [4.78, 5) is 11.0. The molecule has 0 aliphatic carbocycles. The van der Waals surface area contributed by atoms with Crippen LogP contribution < -0.4 is 0 Å². The van der Waals surface area contributed by atoms with E-state index >= 15 is 0 Å². The van der Waals surface area contributed by atoms with Crippen LogP contribution in [0.2, 0.25) is 0 Å². The Morgan fingerprint density at radius 3 is 2.36 bits per heavy atom. The van der Waals surface area contributed by atoms with Crippen LogP contribution >= 0.6 is 0 Å². The molecule has 0 heterocycles. The number of carbonyl (C=O) groups is 1. The third kappa shape index (κ3) is 4.06. The van der Waals surface area contributed by atoms with Gasteiger partial charge in [-0.15, -0.1) is 0 Å². The molecule has 0 aliphatic rings. The molecule has 0 saturated heterocycles. The van der Waals surface area contributed by atoms with Crippen molar-refractivity contribution in [1.82, 2.24) is 0 Å². The van der Waals surface area contributed by atoms with Crippen LogP contribution in [0.3, 0.4) is 0 Å². The Morgan fingerprint density at radius 1 is 1.36 bits per heavy atom. The van der Waals surface area contributed by atoms with Gasteiger partial charge in [-0.3, -0.25) is 4.79 Å². The standard InChI is InChI=1S/C8H16O5S/c1-7(8(9)13-3)14(10,11)6-4-5-12-2/h7H,4-6H2,1-3H3. The van der Waals surface area contributed by atoms with Crippen molar-refractivity contribution < 1.29 is 22.7 Å². The molecule has 0 aliphatic heterocycles. The van der Waals surface area contributed by atoms with Crippen molar-refractivity contribution >= 4 is 15.8 Å². The molecule has 0 saturated carbocycles. The third-order valence-electron chi connectivity index (χ3n) is 1.85. The first kappa shape index (κ1) is 13.4. The molecule has 0 amide bonds.